The molecule has 3 nitrogen and oxygen atoms in total. The summed E-state index contributed by atoms with van der Waals surface area (Å²) in [6.07, 6.45) is 3.10. The highest BCUT2D eigenvalue weighted by Gasteiger charge is 2.06. The number of aliphatic carboxylic acids is 1. The molecule has 0 atom stereocenters. The van der Waals surface area contributed by atoms with Crippen LogP contribution in [0.4, 0.5) is 0 Å². The molecule has 0 aliphatic heterocycles. The number of carboxylic acids is 1. The van der Waals surface area contributed by atoms with Crippen LogP contribution in [-0.2, 0) is 4.79 Å². The molecule has 0 aromatic heterocycles. The summed E-state index contributed by atoms with van der Waals surface area (Å²) < 4.78 is 0. The van der Waals surface area contributed by atoms with Gasteiger partial charge in [0.15, 0.2) is 5.76 Å². The monoisotopic (exact) mass is 158 g/mol. The Balaban J connectivity index is 4.14. The molecule has 0 heterocycles. The Labute approximate surface area is 66.4 Å². The maximum Gasteiger partial charge on any atom is 0.370 e. The summed E-state index contributed by atoms with van der Waals surface area (Å²) in [4.78, 5) is 10.1. The molecule has 0 aromatic rings. The van der Waals surface area contributed by atoms with Crippen LogP contribution in [0.3, 0.4) is 0 Å². The Hall–Kier alpha value is -0.990. The number of allylic oxidation sites excluding steroid dienone is 1. The van der Waals surface area contributed by atoms with Crippen LogP contribution in [0.15, 0.2) is 11.8 Å². The van der Waals surface area contributed by atoms with Gasteiger partial charge in [-0.2, -0.15) is 0 Å². The van der Waals surface area contributed by atoms with Gasteiger partial charge in [0.1, 0.15) is 0 Å². The van der Waals surface area contributed by atoms with E-state index in [0.29, 0.717) is 0 Å². The van der Waals surface area contributed by atoms with Crippen molar-refractivity contribution < 1.29 is 15.0 Å². The summed E-state index contributed by atoms with van der Waals surface area (Å²) in [6, 6.07) is 0. The highest BCUT2D eigenvalue weighted by Crippen LogP contribution is 2.10. The highest BCUT2D eigenvalue weighted by molar-refractivity contribution is 5.83. The molecule has 0 spiro atoms. The molecular formula is C8H14O3. The van der Waals surface area contributed by atoms with Crippen molar-refractivity contribution in [1.82, 2.24) is 0 Å². The van der Waals surface area contributed by atoms with Gasteiger partial charge in [-0.1, -0.05) is 13.8 Å². The number of aliphatic hydroxyl groups excluding tert-OH is 1. The standard InChI is InChI=1S/C8H14O3/c1-3-6(4-2)5-7(9)8(10)11/h5-6,9H,3-4H2,1-2H3,(H,10,11)/b7-5-. The number of aliphatic hydroxyl groups is 1. The average molecular weight is 158 g/mol. The molecule has 3 heteroatoms. The third kappa shape index (κ3) is 3.65. The first-order valence-electron chi connectivity index (χ1n) is 3.75. The van der Waals surface area contributed by atoms with Gasteiger partial charge in [0.05, 0.1) is 0 Å². The van der Waals surface area contributed by atoms with Crippen LogP contribution in [0.5, 0.6) is 0 Å². The minimum absolute atomic E-state index is 0.172. The number of hydrogen-bond donors (Lipinski definition) is 2. The predicted octanol–water partition coefficient (Wildman–Crippen LogP) is 1.95. The maximum atomic E-state index is 10.1. The Bertz CT molecular complexity index is 157. The van der Waals surface area contributed by atoms with Gasteiger partial charge in [0.25, 0.3) is 0 Å². The fraction of sp³-hybridized carbons (Fsp3) is 0.625. The maximum absolute atomic E-state index is 10.1. The lowest BCUT2D eigenvalue weighted by Gasteiger charge is -2.04. The number of hydrogen-bond acceptors (Lipinski definition) is 2. The molecule has 0 rings (SSSR count). The van der Waals surface area contributed by atoms with E-state index in [-0.39, 0.29) is 5.92 Å². The summed E-state index contributed by atoms with van der Waals surface area (Å²) in [5, 5.41) is 17.1. The molecule has 0 saturated carbocycles. The fourth-order valence-corrected chi connectivity index (χ4v) is 0.819. The summed E-state index contributed by atoms with van der Waals surface area (Å²) in [5.74, 6) is -1.62. The van der Waals surface area contributed by atoms with E-state index in [4.69, 9.17) is 10.2 Å². The Kier molecular flexibility index (Phi) is 4.34. The van der Waals surface area contributed by atoms with Crippen LogP contribution in [0.25, 0.3) is 0 Å². The van der Waals surface area contributed by atoms with E-state index in [0.717, 1.165) is 12.8 Å². The first-order chi connectivity index (χ1) is 5.11. The molecule has 11 heavy (non-hydrogen) atoms. The Morgan fingerprint density at radius 2 is 1.82 bits per heavy atom. The van der Waals surface area contributed by atoms with E-state index in [2.05, 4.69) is 0 Å². The van der Waals surface area contributed by atoms with Gasteiger partial charge in [0, 0.05) is 0 Å². The van der Waals surface area contributed by atoms with Gasteiger partial charge >= 0.3 is 5.97 Å². The zero-order chi connectivity index (χ0) is 8.85. The summed E-state index contributed by atoms with van der Waals surface area (Å²) in [7, 11) is 0. The van der Waals surface area contributed by atoms with Crippen LogP contribution in [0.2, 0.25) is 0 Å². The van der Waals surface area contributed by atoms with Crippen LogP contribution >= 0.6 is 0 Å². The number of carbonyl (C=O) groups is 1. The van der Waals surface area contributed by atoms with E-state index >= 15 is 0 Å². The zero-order valence-corrected chi connectivity index (χ0v) is 6.87. The van der Waals surface area contributed by atoms with Gasteiger partial charge in [0.2, 0.25) is 0 Å². The van der Waals surface area contributed by atoms with Crippen molar-refractivity contribution in [1.29, 1.82) is 0 Å². The van der Waals surface area contributed by atoms with Crippen molar-refractivity contribution in [2.75, 3.05) is 0 Å². The van der Waals surface area contributed by atoms with Gasteiger partial charge in [-0.05, 0) is 24.8 Å². The van der Waals surface area contributed by atoms with Crippen molar-refractivity contribution in [2.24, 2.45) is 5.92 Å². The van der Waals surface area contributed by atoms with Gasteiger partial charge in [-0.3, -0.25) is 0 Å². The van der Waals surface area contributed by atoms with E-state index in [1.165, 1.54) is 6.08 Å². The SMILES string of the molecule is CCC(/C=C(\O)C(=O)O)CC. The summed E-state index contributed by atoms with van der Waals surface area (Å²) in [6.45, 7) is 3.92. The molecule has 0 unspecified atom stereocenters. The molecule has 0 radical (unpaired) electrons. The average Bonchev–Trinajstić information content (AvgIpc) is 1.99. The molecule has 0 bridgehead atoms. The second-order valence-electron chi connectivity index (χ2n) is 2.43. The first-order valence-corrected chi connectivity index (χ1v) is 3.75. The predicted molar refractivity (Wildman–Crippen MR) is 42.4 cm³/mol. The van der Waals surface area contributed by atoms with Crippen molar-refractivity contribution in [3.8, 4) is 0 Å². The lowest BCUT2D eigenvalue weighted by Crippen LogP contribution is -2.02. The second-order valence-corrected chi connectivity index (χ2v) is 2.43. The first kappa shape index (κ1) is 10.0. The van der Waals surface area contributed by atoms with Crippen molar-refractivity contribution >= 4 is 5.97 Å². The number of rotatable bonds is 4. The van der Waals surface area contributed by atoms with Gasteiger partial charge in [-0.25, -0.2) is 4.79 Å². The molecule has 0 aromatic carbocycles. The quantitative estimate of drug-likeness (QED) is 0.485. The zero-order valence-electron chi connectivity index (χ0n) is 6.87. The lowest BCUT2D eigenvalue weighted by molar-refractivity contribution is -0.135. The van der Waals surface area contributed by atoms with E-state index in [1.807, 2.05) is 13.8 Å². The topological polar surface area (TPSA) is 57.5 Å². The Morgan fingerprint density at radius 1 is 1.36 bits per heavy atom. The molecule has 2 N–H and O–H groups in total. The molecule has 0 aliphatic rings. The van der Waals surface area contributed by atoms with Gasteiger partial charge < -0.3 is 10.2 Å². The van der Waals surface area contributed by atoms with Crippen LogP contribution < -0.4 is 0 Å². The summed E-state index contributed by atoms with van der Waals surface area (Å²) in [5.41, 5.74) is 0. The second kappa shape index (κ2) is 4.77. The molecule has 0 aliphatic carbocycles. The molecule has 64 valence electrons. The molecular weight excluding hydrogens is 144 g/mol. The molecule has 0 saturated heterocycles. The minimum Gasteiger partial charge on any atom is -0.502 e. The van der Waals surface area contributed by atoms with E-state index in [1.54, 1.807) is 0 Å². The third-order valence-electron chi connectivity index (χ3n) is 1.66. The smallest absolute Gasteiger partial charge is 0.370 e. The largest absolute Gasteiger partial charge is 0.502 e. The van der Waals surface area contributed by atoms with Gasteiger partial charge in [-0.15, -0.1) is 0 Å². The Morgan fingerprint density at radius 3 is 2.09 bits per heavy atom. The van der Waals surface area contributed by atoms with Crippen LogP contribution in [0, 0.1) is 5.92 Å². The van der Waals surface area contributed by atoms with Crippen molar-refractivity contribution in [2.45, 2.75) is 26.7 Å². The molecule has 0 fully saturated rings. The summed E-state index contributed by atoms with van der Waals surface area (Å²) >= 11 is 0. The number of carboxylic acid groups (broad SMARTS) is 1. The van der Waals surface area contributed by atoms with Crippen LogP contribution in [0.1, 0.15) is 26.7 Å². The highest BCUT2D eigenvalue weighted by atomic mass is 16.4. The van der Waals surface area contributed by atoms with Crippen LogP contribution in [-0.4, -0.2) is 16.2 Å². The van der Waals surface area contributed by atoms with E-state index in [9.17, 15) is 4.79 Å². The normalized spacial score (nSPS) is 12.1. The minimum atomic E-state index is -1.25. The lowest BCUT2D eigenvalue weighted by atomic mass is 10.0. The van der Waals surface area contributed by atoms with E-state index < -0.39 is 11.7 Å². The fourth-order valence-electron chi connectivity index (χ4n) is 0.819. The molecule has 0 amide bonds. The third-order valence-corrected chi connectivity index (χ3v) is 1.66. The van der Waals surface area contributed by atoms with Crippen molar-refractivity contribution in [3.63, 3.8) is 0 Å². The van der Waals surface area contributed by atoms with Crippen molar-refractivity contribution in [3.05, 3.63) is 11.8 Å².